The van der Waals surface area contributed by atoms with E-state index in [0.717, 1.165) is 17.8 Å². The molecule has 1 aliphatic carbocycles. The molecule has 0 amide bonds. The SMILES string of the molecule is C=C(Nc1ccc(NCCC2CC(F)(F)C2)cc1)c1c(F)cc(OCCOC)cc1N=CC. The Morgan fingerprint density at radius 3 is 2.52 bits per heavy atom. The molecule has 178 valence electrons. The van der Waals surface area contributed by atoms with Gasteiger partial charge in [0.1, 0.15) is 18.2 Å². The molecule has 5 nitrogen and oxygen atoms in total. The maximum absolute atomic E-state index is 14.9. The van der Waals surface area contributed by atoms with E-state index in [0.29, 0.717) is 36.9 Å². The first-order chi connectivity index (χ1) is 15.8. The molecule has 0 saturated heterocycles. The van der Waals surface area contributed by atoms with Crippen LogP contribution in [0, 0.1) is 11.7 Å². The topological polar surface area (TPSA) is 54.9 Å². The lowest BCUT2D eigenvalue weighted by Crippen LogP contribution is -2.36. The third kappa shape index (κ3) is 6.99. The molecule has 1 saturated carbocycles. The van der Waals surface area contributed by atoms with E-state index in [1.165, 1.54) is 6.07 Å². The highest BCUT2D eigenvalue weighted by Gasteiger charge is 2.44. The van der Waals surface area contributed by atoms with Gasteiger partial charge in [-0.25, -0.2) is 13.2 Å². The summed E-state index contributed by atoms with van der Waals surface area (Å²) < 4.78 is 51.2. The first kappa shape index (κ1) is 24.6. The summed E-state index contributed by atoms with van der Waals surface area (Å²) in [6.07, 6.45) is 2.27. The summed E-state index contributed by atoms with van der Waals surface area (Å²) in [5.41, 5.74) is 2.64. The third-order valence-electron chi connectivity index (χ3n) is 5.41. The number of halogens is 3. The third-order valence-corrected chi connectivity index (χ3v) is 5.41. The number of alkyl halides is 2. The van der Waals surface area contributed by atoms with Crippen LogP contribution in [0.4, 0.5) is 30.2 Å². The largest absolute Gasteiger partial charge is 0.491 e. The molecule has 0 atom stereocenters. The standard InChI is InChI=1S/C25H30F3N3O2/c1-4-29-23-14-21(33-12-11-32-3)13-22(26)24(23)17(2)31-20-7-5-19(6-8-20)30-10-9-18-15-25(27,28)16-18/h4-8,13-14,18,30-31H,2,9-12,15-16H2,1,3H3. The Hall–Kier alpha value is -3.00. The molecule has 0 spiro atoms. The van der Waals surface area contributed by atoms with Crippen LogP contribution in [0.1, 0.15) is 31.7 Å². The number of hydrogen-bond donors (Lipinski definition) is 2. The van der Waals surface area contributed by atoms with Gasteiger partial charge < -0.3 is 20.1 Å². The highest BCUT2D eigenvalue weighted by molar-refractivity contribution is 5.83. The zero-order valence-electron chi connectivity index (χ0n) is 19.0. The predicted molar refractivity (Wildman–Crippen MR) is 127 cm³/mol. The van der Waals surface area contributed by atoms with Gasteiger partial charge in [-0.2, -0.15) is 0 Å². The summed E-state index contributed by atoms with van der Waals surface area (Å²) in [6, 6.07) is 10.4. The molecule has 33 heavy (non-hydrogen) atoms. The number of nitrogens with zero attached hydrogens (tertiary/aromatic N) is 1. The van der Waals surface area contributed by atoms with Gasteiger partial charge in [-0.1, -0.05) is 6.58 Å². The van der Waals surface area contributed by atoms with Crippen LogP contribution in [0.25, 0.3) is 5.70 Å². The Morgan fingerprint density at radius 2 is 1.88 bits per heavy atom. The van der Waals surface area contributed by atoms with Gasteiger partial charge in [-0.05, 0) is 43.5 Å². The van der Waals surface area contributed by atoms with Gasteiger partial charge in [-0.15, -0.1) is 0 Å². The Morgan fingerprint density at radius 1 is 1.18 bits per heavy atom. The number of rotatable bonds is 12. The van der Waals surface area contributed by atoms with E-state index in [2.05, 4.69) is 22.2 Å². The molecule has 0 aromatic heterocycles. The van der Waals surface area contributed by atoms with Crippen molar-refractivity contribution in [2.45, 2.75) is 32.1 Å². The Balaban J connectivity index is 1.59. The van der Waals surface area contributed by atoms with Crippen molar-refractivity contribution in [3.63, 3.8) is 0 Å². The molecular weight excluding hydrogens is 431 g/mol. The molecule has 0 aliphatic heterocycles. The molecule has 2 N–H and O–H groups in total. The lowest BCUT2D eigenvalue weighted by atomic mass is 9.79. The Bertz CT molecular complexity index is 970. The molecule has 0 unspecified atom stereocenters. The minimum absolute atomic E-state index is 0.0134. The number of hydrogen-bond acceptors (Lipinski definition) is 5. The lowest BCUT2D eigenvalue weighted by Gasteiger charge is -2.35. The summed E-state index contributed by atoms with van der Waals surface area (Å²) in [7, 11) is 1.57. The van der Waals surface area contributed by atoms with Crippen LogP contribution in [-0.4, -0.2) is 39.0 Å². The molecule has 8 heteroatoms. The normalized spacial score (nSPS) is 15.3. The molecule has 1 fully saturated rings. The van der Waals surface area contributed by atoms with Crippen molar-refractivity contribution in [1.29, 1.82) is 0 Å². The summed E-state index contributed by atoms with van der Waals surface area (Å²) >= 11 is 0. The van der Waals surface area contributed by atoms with Gasteiger partial charge in [0.2, 0.25) is 5.92 Å². The van der Waals surface area contributed by atoms with E-state index in [1.54, 1.807) is 26.3 Å². The predicted octanol–water partition coefficient (Wildman–Crippen LogP) is 6.50. The summed E-state index contributed by atoms with van der Waals surface area (Å²) in [5.74, 6) is -2.52. The number of nitrogens with one attached hydrogen (secondary N) is 2. The minimum Gasteiger partial charge on any atom is -0.491 e. The second kappa shape index (κ2) is 11.2. The van der Waals surface area contributed by atoms with Crippen molar-refractivity contribution in [1.82, 2.24) is 0 Å². The molecule has 2 aromatic rings. The van der Waals surface area contributed by atoms with Gasteiger partial charge in [0, 0.05) is 61.9 Å². The monoisotopic (exact) mass is 461 g/mol. The highest BCUT2D eigenvalue weighted by atomic mass is 19.3. The first-order valence-corrected chi connectivity index (χ1v) is 10.9. The second-order valence-corrected chi connectivity index (χ2v) is 8.05. The quantitative estimate of drug-likeness (QED) is 0.280. The van der Waals surface area contributed by atoms with E-state index in [1.807, 2.05) is 24.3 Å². The number of benzene rings is 2. The van der Waals surface area contributed by atoms with Gasteiger partial charge in [-0.3, -0.25) is 4.99 Å². The van der Waals surface area contributed by atoms with Gasteiger partial charge >= 0.3 is 0 Å². The fourth-order valence-electron chi connectivity index (χ4n) is 3.75. The second-order valence-electron chi connectivity index (χ2n) is 8.05. The molecule has 0 radical (unpaired) electrons. The number of anilines is 2. The first-order valence-electron chi connectivity index (χ1n) is 10.9. The van der Waals surface area contributed by atoms with Crippen molar-refractivity contribution in [3.8, 4) is 5.75 Å². The van der Waals surface area contributed by atoms with Crippen LogP contribution in [0.3, 0.4) is 0 Å². The van der Waals surface area contributed by atoms with E-state index in [4.69, 9.17) is 9.47 Å². The Labute approximate surface area is 192 Å². The zero-order valence-corrected chi connectivity index (χ0v) is 19.0. The smallest absolute Gasteiger partial charge is 0.248 e. The maximum atomic E-state index is 14.9. The van der Waals surface area contributed by atoms with Crippen LogP contribution in [-0.2, 0) is 4.74 Å². The molecular formula is C25H30F3N3O2. The average Bonchev–Trinajstić information content (AvgIpc) is 2.74. The molecule has 0 bridgehead atoms. The van der Waals surface area contributed by atoms with E-state index in [9.17, 15) is 13.2 Å². The molecule has 3 rings (SSSR count). The van der Waals surface area contributed by atoms with Crippen molar-refractivity contribution >= 4 is 29.0 Å². The highest BCUT2D eigenvalue weighted by Crippen LogP contribution is 2.43. The molecule has 2 aromatic carbocycles. The van der Waals surface area contributed by atoms with Crippen LogP contribution in [0.2, 0.25) is 0 Å². The fourth-order valence-corrected chi connectivity index (χ4v) is 3.75. The molecule has 1 aliphatic rings. The van der Waals surface area contributed by atoms with Gasteiger partial charge in [0.05, 0.1) is 17.9 Å². The van der Waals surface area contributed by atoms with Crippen LogP contribution in [0.5, 0.6) is 5.75 Å². The van der Waals surface area contributed by atoms with Crippen molar-refractivity contribution < 1.29 is 22.6 Å². The lowest BCUT2D eigenvalue weighted by molar-refractivity contribution is -0.111. The molecule has 0 heterocycles. The van der Waals surface area contributed by atoms with Crippen LogP contribution < -0.4 is 15.4 Å². The number of aliphatic imine (C=N–C) groups is 1. The van der Waals surface area contributed by atoms with Crippen LogP contribution in [0.15, 0.2) is 48.0 Å². The van der Waals surface area contributed by atoms with E-state index in [-0.39, 0.29) is 24.3 Å². The number of ether oxygens (including phenoxy) is 2. The average molecular weight is 462 g/mol. The zero-order chi connectivity index (χ0) is 23.8. The van der Waals surface area contributed by atoms with Crippen LogP contribution >= 0.6 is 0 Å². The summed E-state index contributed by atoms with van der Waals surface area (Å²) in [4.78, 5) is 4.27. The van der Waals surface area contributed by atoms with Gasteiger partial charge in [0.25, 0.3) is 0 Å². The maximum Gasteiger partial charge on any atom is 0.248 e. The van der Waals surface area contributed by atoms with E-state index >= 15 is 0 Å². The van der Waals surface area contributed by atoms with E-state index < -0.39 is 11.7 Å². The fraction of sp³-hybridized carbons (Fsp3) is 0.400. The van der Waals surface area contributed by atoms with Crippen molar-refractivity contribution in [3.05, 3.63) is 54.4 Å². The Kier molecular flexibility index (Phi) is 8.38. The van der Waals surface area contributed by atoms with Gasteiger partial charge in [0.15, 0.2) is 0 Å². The van der Waals surface area contributed by atoms with Crippen molar-refractivity contribution in [2.75, 3.05) is 37.5 Å². The number of methoxy groups -OCH3 is 1. The minimum atomic E-state index is -2.47. The van der Waals surface area contributed by atoms with Crippen molar-refractivity contribution in [2.24, 2.45) is 10.9 Å². The summed E-state index contributed by atoms with van der Waals surface area (Å²) in [6.45, 7) is 7.07. The summed E-state index contributed by atoms with van der Waals surface area (Å²) in [5, 5.41) is 6.37.